The third-order valence-electron chi connectivity index (χ3n) is 3.87. The highest BCUT2D eigenvalue weighted by molar-refractivity contribution is 7.19. The van der Waals surface area contributed by atoms with E-state index in [4.69, 9.17) is 20.8 Å². The molecule has 0 aliphatic carbocycles. The molecule has 5 nitrogen and oxygen atoms in total. The lowest BCUT2D eigenvalue weighted by Gasteiger charge is -2.00. The fourth-order valence-corrected chi connectivity index (χ4v) is 3.80. The molecule has 0 amide bonds. The van der Waals surface area contributed by atoms with E-state index >= 15 is 0 Å². The molecule has 0 saturated heterocycles. The van der Waals surface area contributed by atoms with Crippen LogP contribution in [-0.4, -0.2) is 22.5 Å². The van der Waals surface area contributed by atoms with Gasteiger partial charge in [-0.3, -0.25) is 4.79 Å². The molecular weight excluding hydrogens is 372 g/mol. The zero-order valence-corrected chi connectivity index (χ0v) is 15.5. The molecule has 0 aliphatic heterocycles. The summed E-state index contributed by atoms with van der Waals surface area (Å²) < 4.78 is 11.7. The first-order valence-electron chi connectivity index (χ1n) is 8.13. The predicted octanol–water partition coefficient (Wildman–Crippen LogP) is 5.31. The molecule has 1 aromatic carbocycles. The molecule has 0 atom stereocenters. The maximum absolute atomic E-state index is 12.0. The number of carbonyl (C=O) groups excluding carboxylic acids is 1. The quantitative estimate of drug-likeness (QED) is 0.472. The smallest absolute Gasteiger partial charge is 0.312 e. The number of benzene rings is 1. The summed E-state index contributed by atoms with van der Waals surface area (Å²) in [6.07, 6.45) is 0.0441. The Bertz CT molecular complexity index is 1050. The average molecular weight is 387 g/mol. The van der Waals surface area contributed by atoms with Crippen molar-refractivity contribution in [3.8, 4) is 22.2 Å². The van der Waals surface area contributed by atoms with E-state index in [9.17, 15) is 4.79 Å². The molecule has 0 aliphatic rings. The fourth-order valence-electron chi connectivity index (χ4n) is 2.75. The first kappa shape index (κ1) is 16.9. The number of hydrogen-bond donors (Lipinski definition) is 1. The lowest BCUT2D eigenvalue weighted by Crippen LogP contribution is -2.08. The van der Waals surface area contributed by atoms with E-state index in [0.717, 1.165) is 21.5 Å². The predicted molar refractivity (Wildman–Crippen MR) is 102 cm³/mol. The largest absolute Gasteiger partial charge is 0.466 e. The number of aromatic amines is 1. The van der Waals surface area contributed by atoms with Gasteiger partial charge < -0.3 is 14.1 Å². The van der Waals surface area contributed by atoms with Crippen molar-refractivity contribution in [3.63, 3.8) is 0 Å². The Hall–Kier alpha value is -2.57. The minimum absolute atomic E-state index is 0.0441. The molecule has 3 aromatic heterocycles. The van der Waals surface area contributed by atoms with E-state index in [1.165, 1.54) is 11.3 Å². The monoisotopic (exact) mass is 386 g/mol. The van der Waals surface area contributed by atoms with Crippen molar-refractivity contribution in [2.45, 2.75) is 13.3 Å². The second-order valence-corrected chi connectivity index (χ2v) is 7.37. The summed E-state index contributed by atoms with van der Waals surface area (Å²) in [5.41, 5.74) is 2.29. The first-order valence-corrected chi connectivity index (χ1v) is 9.32. The summed E-state index contributed by atoms with van der Waals surface area (Å²) in [5, 5.41) is 1.06. The number of esters is 1. The number of ether oxygens (including phenoxy) is 1. The van der Waals surface area contributed by atoms with Gasteiger partial charge in [0, 0.05) is 10.9 Å². The number of carbonyl (C=O) groups is 1. The molecule has 4 rings (SSSR count). The van der Waals surface area contributed by atoms with Crippen LogP contribution in [0.2, 0.25) is 4.34 Å². The molecule has 0 saturated carbocycles. The van der Waals surface area contributed by atoms with E-state index < -0.39 is 0 Å². The number of hydrogen-bond acceptors (Lipinski definition) is 5. The molecule has 0 bridgehead atoms. The molecule has 3 heterocycles. The van der Waals surface area contributed by atoms with E-state index in [1.807, 2.05) is 36.4 Å². The minimum atomic E-state index is -0.340. The van der Waals surface area contributed by atoms with Crippen molar-refractivity contribution in [1.82, 2.24) is 9.97 Å². The van der Waals surface area contributed by atoms with Crippen LogP contribution in [0.15, 0.2) is 46.9 Å². The van der Waals surface area contributed by atoms with E-state index in [0.29, 0.717) is 28.3 Å². The normalized spacial score (nSPS) is 11.2. The summed E-state index contributed by atoms with van der Waals surface area (Å²) in [7, 11) is 0. The van der Waals surface area contributed by atoms with Gasteiger partial charge in [-0.25, -0.2) is 4.98 Å². The lowest BCUT2D eigenvalue weighted by molar-refractivity contribution is -0.142. The van der Waals surface area contributed by atoms with Crippen molar-refractivity contribution >= 4 is 39.8 Å². The van der Waals surface area contributed by atoms with Crippen molar-refractivity contribution in [1.29, 1.82) is 0 Å². The number of para-hydroxylation sites is 1. The van der Waals surface area contributed by atoms with Gasteiger partial charge in [0.2, 0.25) is 5.89 Å². The van der Waals surface area contributed by atoms with Crippen LogP contribution in [0.1, 0.15) is 12.6 Å². The van der Waals surface area contributed by atoms with Gasteiger partial charge in [0.05, 0.1) is 27.9 Å². The fraction of sp³-hybridized carbons (Fsp3) is 0.158. The molecule has 0 radical (unpaired) electrons. The molecule has 1 N–H and O–H groups in total. The van der Waals surface area contributed by atoms with Gasteiger partial charge in [-0.15, -0.1) is 11.3 Å². The van der Waals surface area contributed by atoms with E-state index in [1.54, 1.807) is 13.0 Å². The average Bonchev–Trinajstić information content (AvgIpc) is 3.32. The highest BCUT2D eigenvalue weighted by Crippen LogP contribution is 2.36. The summed E-state index contributed by atoms with van der Waals surface area (Å²) in [6, 6.07) is 13.6. The summed E-state index contributed by atoms with van der Waals surface area (Å²) >= 11 is 7.43. The number of nitrogens with one attached hydrogen (secondary N) is 1. The van der Waals surface area contributed by atoms with Crippen molar-refractivity contribution in [3.05, 3.63) is 52.5 Å². The molecule has 26 heavy (non-hydrogen) atoms. The highest BCUT2D eigenvalue weighted by Gasteiger charge is 2.21. The summed E-state index contributed by atoms with van der Waals surface area (Å²) in [6.45, 7) is 2.10. The van der Waals surface area contributed by atoms with Crippen LogP contribution < -0.4 is 0 Å². The Morgan fingerprint density at radius 3 is 2.88 bits per heavy atom. The Balaban J connectivity index is 1.78. The van der Waals surface area contributed by atoms with Crippen molar-refractivity contribution < 1.29 is 13.9 Å². The van der Waals surface area contributed by atoms with Gasteiger partial charge in [0.25, 0.3) is 0 Å². The van der Waals surface area contributed by atoms with Gasteiger partial charge in [-0.1, -0.05) is 29.8 Å². The topological polar surface area (TPSA) is 68.1 Å². The molecule has 7 heteroatoms. The second-order valence-electron chi connectivity index (χ2n) is 5.65. The Labute approximate surface area is 158 Å². The van der Waals surface area contributed by atoms with Crippen LogP contribution in [0.3, 0.4) is 0 Å². The van der Waals surface area contributed by atoms with E-state index in [2.05, 4.69) is 9.97 Å². The maximum atomic E-state index is 12.0. The number of nitrogens with zero attached hydrogens (tertiary/aromatic N) is 1. The number of aromatic nitrogens is 2. The van der Waals surface area contributed by atoms with Gasteiger partial charge in [0.1, 0.15) is 5.69 Å². The lowest BCUT2D eigenvalue weighted by atomic mass is 10.2. The number of oxazole rings is 1. The van der Waals surface area contributed by atoms with Crippen molar-refractivity contribution in [2.75, 3.05) is 6.61 Å². The molecular formula is C19H15ClN2O3S. The van der Waals surface area contributed by atoms with E-state index in [-0.39, 0.29) is 12.4 Å². The zero-order chi connectivity index (χ0) is 18.1. The standard InChI is InChI=1S/C19H15ClN2O3S/c1-2-24-17(23)10-13-18(15-7-8-16(20)26-15)25-19(22-13)14-9-11-5-3-4-6-12(11)21-14/h3-9,21H,2,10H2,1H3. The molecule has 0 fully saturated rings. The Morgan fingerprint density at radius 2 is 2.15 bits per heavy atom. The van der Waals surface area contributed by atoms with Crippen molar-refractivity contribution in [2.24, 2.45) is 0 Å². The van der Waals surface area contributed by atoms with Crippen LogP contribution in [0, 0.1) is 0 Å². The SMILES string of the molecule is CCOC(=O)Cc1nc(-c2cc3ccccc3[nH]2)oc1-c1ccc(Cl)s1. The molecule has 0 unspecified atom stereocenters. The number of H-pyrrole nitrogens is 1. The summed E-state index contributed by atoms with van der Waals surface area (Å²) in [5.74, 6) is 0.636. The van der Waals surface area contributed by atoms with Gasteiger partial charge >= 0.3 is 5.97 Å². The number of thiophene rings is 1. The molecule has 132 valence electrons. The van der Waals surface area contributed by atoms with Crippen LogP contribution >= 0.6 is 22.9 Å². The summed E-state index contributed by atoms with van der Waals surface area (Å²) in [4.78, 5) is 20.6. The van der Waals surface area contributed by atoms with Crippen LogP contribution in [0.4, 0.5) is 0 Å². The van der Waals surface area contributed by atoms with Crippen LogP contribution in [-0.2, 0) is 16.0 Å². The van der Waals surface area contributed by atoms with Gasteiger partial charge in [-0.05, 0) is 31.2 Å². The van der Waals surface area contributed by atoms with Gasteiger partial charge in [-0.2, -0.15) is 0 Å². The number of fused-ring (bicyclic) bond motifs is 1. The second kappa shape index (κ2) is 6.97. The highest BCUT2D eigenvalue weighted by atomic mass is 35.5. The molecule has 0 spiro atoms. The maximum Gasteiger partial charge on any atom is 0.312 e. The number of halogens is 1. The first-order chi connectivity index (χ1) is 12.6. The molecule has 4 aromatic rings. The zero-order valence-electron chi connectivity index (χ0n) is 13.9. The van der Waals surface area contributed by atoms with Crippen LogP contribution in [0.5, 0.6) is 0 Å². The van der Waals surface area contributed by atoms with Crippen LogP contribution in [0.25, 0.3) is 33.1 Å². The minimum Gasteiger partial charge on any atom is -0.466 e. The Kier molecular flexibility index (Phi) is 4.53. The Morgan fingerprint density at radius 1 is 1.31 bits per heavy atom. The number of rotatable bonds is 5. The van der Waals surface area contributed by atoms with Gasteiger partial charge in [0.15, 0.2) is 5.76 Å². The third-order valence-corrected chi connectivity index (χ3v) is 5.10. The third kappa shape index (κ3) is 3.25.